The molecule has 22 valence electrons. The first-order valence-corrected chi connectivity index (χ1v) is 0.500. The summed E-state index contributed by atoms with van der Waals surface area (Å²) in [6.45, 7) is 1.33. The average Bonchev–Trinajstić information content (AvgIpc) is 0.811. The number of rotatable bonds is 0. The number of hydrogen-bond donors (Lipinski definition) is 0. The zero-order valence-corrected chi connectivity index (χ0v) is 4.76. The molecule has 0 atom stereocenters. The Morgan fingerprint density at radius 1 is 2.00 bits per heavy atom. The van der Waals surface area contributed by atoms with Crippen LogP contribution < -0.4 is 12.4 Å². The van der Waals surface area contributed by atoms with Gasteiger partial charge in [0.2, 0.25) is 0 Å². The molecular weight excluding hydrogens is 83.8 g/mol. The summed E-state index contributed by atoms with van der Waals surface area (Å²) < 4.78 is 12.3. The van der Waals surface area contributed by atoms with E-state index in [1.54, 1.807) is 0 Å². The molecule has 0 aromatic heterocycles. The van der Waals surface area contributed by atoms with Crippen LogP contribution in [0.4, 0.5) is 0 Å². The number of hydrogen-bond acceptors (Lipinski definition) is 0. The Morgan fingerprint density at radius 2 is 2.00 bits per heavy atom. The van der Waals surface area contributed by atoms with Gasteiger partial charge in [-0.2, -0.15) is 6.92 Å². The summed E-state index contributed by atoms with van der Waals surface area (Å²) in [6, 6.07) is 0. The molecule has 4 heavy (non-hydrogen) atoms. The van der Waals surface area contributed by atoms with Gasteiger partial charge in [-0.15, -0.1) is 0 Å². The molecule has 0 heterocycles. The second-order valence-corrected chi connectivity index (χ2v) is 0. The van der Waals surface area contributed by atoms with Gasteiger partial charge < -0.3 is 19.3 Å². The first-order valence-electron chi connectivity index (χ1n) is 1.50. The van der Waals surface area contributed by atoms with Crippen molar-refractivity contribution in [2.75, 3.05) is 0 Å². The van der Waals surface area contributed by atoms with Gasteiger partial charge in [-0.05, 0) is 0 Å². The zero-order valence-electron chi connectivity index (χ0n) is 4.59. The standard InChI is InChI=1S/C2H5.ClH.Mg/c1-2;;/h1H2,2H3;1H;/q-1;;+2/p-1/i1D2;;. The number of halogens is 1. The van der Waals surface area contributed by atoms with Crippen LogP contribution in [0, 0.1) is 6.88 Å². The Hall–Kier alpha value is 1.06. The first-order chi connectivity index (χ1) is 1.73. The van der Waals surface area contributed by atoms with Crippen LogP contribution in [-0.2, 0) is 0 Å². The Morgan fingerprint density at radius 3 is 2.00 bits per heavy atom. The van der Waals surface area contributed by atoms with Crippen LogP contribution in [0.1, 0.15) is 9.67 Å². The molecule has 0 fully saturated rings. The summed E-state index contributed by atoms with van der Waals surface area (Å²) >= 11 is 0. The molecule has 0 bridgehead atoms. The van der Waals surface area contributed by atoms with Crippen molar-refractivity contribution in [2.24, 2.45) is 0 Å². The zero-order chi connectivity index (χ0) is 3.58. The van der Waals surface area contributed by atoms with Gasteiger partial charge in [-0.1, -0.05) is 0 Å². The van der Waals surface area contributed by atoms with Gasteiger partial charge >= 0.3 is 23.1 Å². The van der Waals surface area contributed by atoms with E-state index in [4.69, 9.17) is 2.74 Å². The minimum atomic E-state index is -0.0833. The van der Waals surface area contributed by atoms with Crippen molar-refractivity contribution in [1.82, 2.24) is 0 Å². The van der Waals surface area contributed by atoms with Crippen LogP contribution in [0.15, 0.2) is 0 Å². The van der Waals surface area contributed by atoms with Crippen LogP contribution in [0.5, 0.6) is 0 Å². The molecule has 0 saturated carbocycles. The molecule has 0 aliphatic heterocycles. The molecule has 2 heteroatoms. The van der Waals surface area contributed by atoms with Gasteiger partial charge in [0.05, 0.1) is 0 Å². The summed E-state index contributed by atoms with van der Waals surface area (Å²) in [5.41, 5.74) is 0. The van der Waals surface area contributed by atoms with Crippen molar-refractivity contribution in [3.05, 3.63) is 6.88 Å². The summed E-state index contributed by atoms with van der Waals surface area (Å²) in [5, 5.41) is 0. The Labute approximate surface area is 52.3 Å². The molecule has 0 unspecified atom stereocenters. The average molecular weight is 90.8 g/mol. The fourth-order valence-electron chi connectivity index (χ4n) is 0. The van der Waals surface area contributed by atoms with Crippen LogP contribution in [0.25, 0.3) is 0 Å². The normalized spacial score (nSPS) is 9.50. The maximum absolute atomic E-state index is 6.17. The Bertz CT molecular complexity index is 16.3. The first kappa shape index (κ1) is 5.06. The predicted octanol–water partition coefficient (Wildman–Crippen LogP) is -2.54. The van der Waals surface area contributed by atoms with E-state index in [-0.39, 0.29) is 42.3 Å². The molecule has 0 rings (SSSR count). The van der Waals surface area contributed by atoms with E-state index in [0.29, 0.717) is 0 Å². The van der Waals surface area contributed by atoms with Crippen molar-refractivity contribution in [1.29, 1.82) is 0 Å². The van der Waals surface area contributed by atoms with Gasteiger partial charge in [0.15, 0.2) is 0 Å². The molecule has 0 saturated heterocycles. The Kier molecular flexibility index (Phi) is 42.9. The van der Waals surface area contributed by atoms with Gasteiger partial charge in [0.25, 0.3) is 0 Å². The van der Waals surface area contributed by atoms with Crippen molar-refractivity contribution >= 4 is 23.1 Å². The smallest absolute Gasteiger partial charge is 1.00 e. The van der Waals surface area contributed by atoms with E-state index >= 15 is 0 Å². The summed E-state index contributed by atoms with van der Waals surface area (Å²) in [4.78, 5) is 0. The summed E-state index contributed by atoms with van der Waals surface area (Å²) in [5.74, 6) is 0. The van der Waals surface area contributed by atoms with E-state index in [1.807, 2.05) is 0 Å². The molecule has 0 N–H and O–H groups in total. The molecule has 0 nitrogen and oxygen atoms in total. The van der Waals surface area contributed by atoms with E-state index in [0.717, 1.165) is 0 Å². The van der Waals surface area contributed by atoms with Crippen molar-refractivity contribution in [2.45, 2.75) is 6.92 Å². The maximum atomic E-state index is 6.17. The second-order valence-electron chi connectivity index (χ2n) is 0. The molecule has 0 aliphatic carbocycles. The largest absolute Gasteiger partial charge is 2.00 e. The third-order valence-corrected chi connectivity index (χ3v) is 0. The van der Waals surface area contributed by atoms with Gasteiger partial charge in [-0.25, -0.2) is 2.74 Å². The summed E-state index contributed by atoms with van der Waals surface area (Å²) in [7, 11) is 0. The monoisotopic (exact) mass is 90.0 g/mol. The predicted molar refractivity (Wildman–Crippen MR) is 16.8 cm³/mol. The fraction of sp³-hybridized carbons (Fsp3) is 0.500. The minimum Gasteiger partial charge on any atom is -1.00 e. The minimum absolute atomic E-state index is 0. The van der Waals surface area contributed by atoms with E-state index in [9.17, 15) is 0 Å². The molecule has 0 spiro atoms. The Balaban J connectivity index is -0.0000000450. The van der Waals surface area contributed by atoms with Crippen molar-refractivity contribution in [3.63, 3.8) is 0 Å². The van der Waals surface area contributed by atoms with Gasteiger partial charge in [-0.3, -0.25) is 0 Å². The fourth-order valence-corrected chi connectivity index (χ4v) is 0. The van der Waals surface area contributed by atoms with Gasteiger partial charge in [0.1, 0.15) is 0 Å². The van der Waals surface area contributed by atoms with Crippen LogP contribution >= 0.6 is 0 Å². The van der Waals surface area contributed by atoms with E-state index < -0.39 is 0 Å². The van der Waals surface area contributed by atoms with E-state index in [2.05, 4.69) is 0 Å². The van der Waals surface area contributed by atoms with Gasteiger partial charge in [0, 0.05) is 0 Å². The SMILES string of the molecule is [2H][C-]([2H])C.[Cl-].[Mg+2]. The van der Waals surface area contributed by atoms with E-state index in [1.165, 1.54) is 6.92 Å². The molecule has 0 aliphatic rings. The second kappa shape index (κ2) is 34.0. The molecular formula is C2H5ClMg. The van der Waals surface area contributed by atoms with Crippen molar-refractivity contribution in [3.8, 4) is 0 Å². The molecule has 0 amide bonds. The summed E-state index contributed by atoms with van der Waals surface area (Å²) in [6.07, 6.45) is 0. The third kappa shape index (κ3) is 11.6. The quantitative estimate of drug-likeness (QED) is 0.227. The molecule has 0 aromatic rings. The van der Waals surface area contributed by atoms with Crippen molar-refractivity contribution < 1.29 is 15.1 Å². The maximum Gasteiger partial charge on any atom is 2.00 e. The third-order valence-electron chi connectivity index (χ3n) is 0. The van der Waals surface area contributed by atoms with Crippen LogP contribution in [0.3, 0.4) is 0 Å². The molecule has 0 radical (unpaired) electrons. The van der Waals surface area contributed by atoms with Crippen LogP contribution in [0.2, 0.25) is 0 Å². The van der Waals surface area contributed by atoms with Crippen LogP contribution in [-0.4, -0.2) is 23.1 Å². The topological polar surface area (TPSA) is 0 Å². The molecule has 0 aromatic carbocycles.